The number of piperidine rings is 1. The number of anilines is 1. The molecule has 1 aromatic rings. The molecule has 0 unspecified atom stereocenters. The third-order valence-electron chi connectivity index (χ3n) is 3.23. The maximum absolute atomic E-state index is 12.0. The number of rotatable bonds is 3. The van der Waals surface area contributed by atoms with E-state index in [2.05, 4.69) is 21.2 Å². The molecule has 1 aliphatic rings. The van der Waals surface area contributed by atoms with Crippen molar-refractivity contribution in [3.63, 3.8) is 0 Å². The molecule has 1 aliphatic heterocycles. The Hall–Kier alpha value is -1.36. The van der Waals surface area contributed by atoms with Crippen molar-refractivity contribution < 1.29 is 9.59 Å². The van der Waals surface area contributed by atoms with Gasteiger partial charge in [0.15, 0.2) is 0 Å². The first-order chi connectivity index (χ1) is 9.06. The van der Waals surface area contributed by atoms with E-state index in [4.69, 9.17) is 0 Å². The number of nitrogens with zero attached hydrogens (tertiary/aromatic N) is 1. The van der Waals surface area contributed by atoms with E-state index in [1.165, 1.54) is 0 Å². The Balaban J connectivity index is 1.97. The van der Waals surface area contributed by atoms with Gasteiger partial charge in [0.05, 0.1) is 6.54 Å². The lowest BCUT2D eigenvalue weighted by Crippen LogP contribution is -2.40. The van der Waals surface area contributed by atoms with Crippen molar-refractivity contribution in [3.8, 4) is 0 Å². The van der Waals surface area contributed by atoms with Gasteiger partial charge in [-0.1, -0.05) is 22.0 Å². The predicted molar refractivity (Wildman–Crippen MR) is 77.9 cm³/mol. The molecule has 2 rings (SSSR count). The van der Waals surface area contributed by atoms with Crippen LogP contribution in [0.4, 0.5) is 5.69 Å². The average molecular weight is 325 g/mol. The van der Waals surface area contributed by atoms with Crippen molar-refractivity contribution in [1.29, 1.82) is 0 Å². The van der Waals surface area contributed by atoms with E-state index in [1.54, 1.807) is 4.90 Å². The maximum Gasteiger partial charge on any atom is 0.244 e. The highest BCUT2D eigenvalue weighted by Gasteiger charge is 2.20. The third-order valence-corrected chi connectivity index (χ3v) is 3.72. The number of carbonyl (C=O) groups is 2. The molecular formula is C14H17BrN2O2. The van der Waals surface area contributed by atoms with Gasteiger partial charge in [0.1, 0.15) is 0 Å². The van der Waals surface area contributed by atoms with Gasteiger partial charge in [0.2, 0.25) is 11.8 Å². The Kier molecular flexibility index (Phi) is 4.58. The van der Waals surface area contributed by atoms with Crippen LogP contribution in [-0.2, 0) is 9.59 Å². The number of halogens is 1. The van der Waals surface area contributed by atoms with Crippen molar-refractivity contribution >= 4 is 33.4 Å². The molecule has 0 bridgehead atoms. The predicted octanol–water partition coefficient (Wildman–Crippen LogP) is 2.71. The Bertz CT molecular complexity index is 502. The Morgan fingerprint density at radius 2 is 2.21 bits per heavy atom. The summed E-state index contributed by atoms with van der Waals surface area (Å²) in [5.41, 5.74) is 1.78. The van der Waals surface area contributed by atoms with E-state index in [0.29, 0.717) is 13.0 Å². The van der Waals surface area contributed by atoms with Gasteiger partial charge >= 0.3 is 0 Å². The monoisotopic (exact) mass is 324 g/mol. The SMILES string of the molecule is Cc1ccc(Br)cc1NC(=O)CN1CCCCC1=O. The van der Waals surface area contributed by atoms with E-state index < -0.39 is 0 Å². The highest BCUT2D eigenvalue weighted by molar-refractivity contribution is 9.10. The number of likely N-dealkylation sites (tertiary alicyclic amines) is 1. The molecule has 0 spiro atoms. The number of hydrogen-bond acceptors (Lipinski definition) is 2. The molecule has 4 nitrogen and oxygen atoms in total. The minimum absolute atomic E-state index is 0.0763. The molecule has 5 heteroatoms. The lowest BCUT2D eigenvalue weighted by atomic mass is 10.1. The van der Waals surface area contributed by atoms with Gasteiger partial charge in [-0.3, -0.25) is 9.59 Å². The highest BCUT2D eigenvalue weighted by Crippen LogP contribution is 2.20. The van der Waals surface area contributed by atoms with Crippen molar-refractivity contribution in [2.75, 3.05) is 18.4 Å². The number of carbonyl (C=O) groups excluding carboxylic acids is 2. The quantitative estimate of drug-likeness (QED) is 0.929. The molecule has 1 N–H and O–H groups in total. The molecule has 0 aliphatic carbocycles. The van der Waals surface area contributed by atoms with E-state index in [1.807, 2.05) is 25.1 Å². The summed E-state index contributed by atoms with van der Waals surface area (Å²) in [6.07, 6.45) is 2.47. The molecule has 0 atom stereocenters. The summed E-state index contributed by atoms with van der Waals surface area (Å²) in [4.78, 5) is 25.2. The van der Waals surface area contributed by atoms with E-state index >= 15 is 0 Å². The minimum Gasteiger partial charge on any atom is -0.333 e. The zero-order valence-electron chi connectivity index (χ0n) is 10.9. The molecule has 1 heterocycles. The number of aryl methyl sites for hydroxylation is 1. The summed E-state index contributed by atoms with van der Waals surface area (Å²) in [5, 5.41) is 2.86. The first kappa shape index (κ1) is 14.1. The fourth-order valence-electron chi connectivity index (χ4n) is 2.12. The largest absolute Gasteiger partial charge is 0.333 e. The Morgan fingerprint density at radius 1 is 1.42 bits per heavy atom. The van der Waals surface area contributed by atoms with Gasteiger partial charge in [0.25, 0.3) is 0 Å². The first-order valence-corrected chi connectivity index (χ1v) is 7.19. The Morgan fingerprint density at radius 3 is 2.95 bits per heavy atom. The van der Waals surface area contributed by atoms with Crippen molar-refractivity contribution in [2.24, 2.45) is 0 Å². The lowest BCUT2D eigenvalue weighted by molar-refractivity contribution is -0.136. The smallest absolute Gasteiger partial charge is 0.244 e. The van der Waals surface area contributed by atoms with Crippen LogP contribution in [0.25, 0.3) is 0 Å². The summed E-state index contributed by atoms with van der Waals surface area (Å²) >= 11 is 3.38. The summed E-state index contributed by atoms with van der Waals surface area (Å²) in [5.74, 6) is -0.0659. The Labute approximate surface area is 121 Å². The van der Waals surface area contributed by atoms with Crippen LogP contribution in [0.15, 0.2) is 22.7 Å². The van der Waals surface area contributed by atoms with E-state index in [9.17, 15) is 9.59 Å². The molecular weight excluding hydrogens is 308 g/mol. The van der Waals surface area contributed by atoms with Gasteiger partial charge in [-0.15, -0.1) is 0 Å². The van der Waals surface area contributed by atoms with Crippen LogP contribution in [-0.4, -0.2) is 29.8 Å². The van der Waals surface area contributed by atoms with Gasteiger partial charge < -0.3 is 10.2 Å². The number of hydrogen-bond donors (Lipinski definition) is 1. The molecule has 0 aromatic heterocycles. The number of nitrogens with one attached hydrogen (secondary N) is 1. The second-order valence-corrected chi connectivity index (χ2v) is 5.70. The molecule has 1 aromatic carbocycles. The van der Waals surface area contributed by atoms with Crippen LogP contribution in [0.3, 0.4) is 0 Å². The molecule has 102 valence electrons. The zero-order valence-corrected chi connectivity index (χ0v) is 12.5. The second kappa shape index (κ2) is 6.19. The van der Waals surface area contributed by atoms with Crippen LogP contribution in [0.1, 0.15) is 24.8 Å². The van der Waals surface area contributed by atoms with Crippen LogP contribution < -0.4 is 5.32 Å². The van der Waals surface area contributed by atoms with Crippen molar-refractivity contribution in [3.05, 3.63) is 28.2 Å². The van der Waals surface area contributed by atoms with E-state index in [-0.39, 0.29) is 18.4 Å². The van der Waals surface area contributed by atoms with Gasteiger partial charge in [-0.25, -0.2) is 0 Å². The molecule has 1 saturated heterocycles. The fourth-order valence-corrected chi connectivity index (χ4v) is 2.48. The lowest BCUT2D eigenvalue weighted by Gasteiger charge is -2.26. The van der Waals surface area contributed by atoms with Crippen LogP contribution in [0, 0.1) is 6.92 Å². The summed E-state index contributed by atoms with van der Waals surface area (Å²) in [6.45, 7) is 2.77. The molecule has 1 fully saturated rings. The minimum atomic E-state index is -0.142. The van der Waals surface area contributed by atoms with Crippen LogP contribution in [0.2, 0.25) is 0 Å². The van der Waals surface area contributed by atoms with Gasteiger partial charge in [0, 0.05) is 23.1 Å². The van der Waals surface area contributed by atoms with Gasteiger partial charge in [-0.05, 0) is 37.5 Å². The van der Waals surface area contributed by atoms with Crippen molar-refractivity contribution in [1.82, 2.24) is 4.90 Å². The highest BCUT2D eigenvalue weighted by atomic mass is 79.9. The standard InChI is InChI=1S/C14H17BrN2O2/c1-10-5-6-11(15)8-12(10)16-13(18)9-17-7-3-2-4-14(17)19/h5-6,8H,2-4,7,9H2,1H3,(H,16,18). The van der Waals surface area contributed by atoms with Gasteiger partial charge in [-0.2, -0.15) is 0 Å². The summed E-state index contributed by atoms with van der Waals surface area (Å²) in [7, 11) is 0. The van der Waals surface area contributed by atoms with E-state index in [0.717, 1.165) is 28.6 Å². The maximum atomic E-state index is 12.0. The molecule has 19 heavy (non-hydrogen) atoms. The molecule has 2 amide bonds. The fraction of sp³-hybridized carbons (Fsp3) is 0.429. The van der Waals surface area contributed by atoms with Crippen LogP contribution in [0.5, 0.6) is 0 Å². The second-order valence-electron chi connectivity index (χ2n) is 4.78. The third kappa shape index (κ3) is 3.80. The normalized spacial score (nSPS) is 15.5. The molecule has 0 saturated carbocycles. The summed E-state index contributed by atoms with van der Waals surface area (Å²) in [6, 6.07) is 5.73. The zero-order chi connectivity index (χ0) is 13.8. The topological polar surface area (TPSA) is 49.4 Å². The first-order valence-electron chi connectivity index (χ1n) is 6.40. The summed E-state index contributed by atoms with van der Waals surface area (Å²) < 4.78 is 0.919. The number of benzene rings is 1. The number of amides is 2. The van der Waals surface area contributed by atoms with Crippen LogP contribution >= 0.6 is 15.9 Å². The average Bonchev–Trinajstić information content (AvgIpc) is 2.37. The molecule has 0 radical (unpaired) electrons. The van der Waals surface area contributed by atoms with Crippen molar-refractivity contribution in [2.45, 2.75) is 26.2 Å².